The molecule has 1 aliphatic rings. The maximum Gasteiger partial charge on any atom is 0.293 e. The molecule has 0 saturated carbocycles. The fourth-order valence-electron chi connectivity index (χ4n) is 1.83. The highest BCUT2D eigenvalue weighted by Gasteiger charge is 2.21. The maximum absolute atomic E-state index is 11.0. The van der Waals surface area contributed by atoms with E-state index in [-0.39, 0.29) is 17.3 Å². The molecule has 1 aromatic carbocycles. The van der Waals surface area contributed by atoms with Crippen LogP contribution in [0.2, 0.25) is 0 Å². The number of carbonyl (C=O) groups is 1. The predicted octanol–water partition coefficient (Wildman–Crippen LogP) is 1.61. The van der Waals surface area contributed by atoms with E-state index in [1.807, 2.05) is 11.8 Å². The van der Waals surface area contributed by atoms with Crippen LogP contribution >= 0.6 is 11.8 Å². The van der Waals surface area contributed by atoms with Crippen molar-refractivity contribution in [3.05, 3.63) is 33.9 Å². The van der Waals surface area contributed by atoms with E-state index < -0.39 is 10.8 Å². The van der Waals surface area contributed by atoms with E-state index >= 15 is 0 Å². The highest BCUT2D eigenvalue weighted by Crippen LogP contribution is 2.29. The average Bonchev–Trinajstić information content (AvgIpc) is 2.81. The summed E-state index contributed by atoms with van der Waals surface area (Å²) in [6.45, 7) is 0. The van der Waals surface area contributed by atoms with E-state index in [1.54, 1.807) is 6.07 Å². The maximum atomic E-state index is 11.0. The monoisotopic (exact) mass is 267 g/mol. The summed E-state index contributed by atoms with van der Waals surface area (Å²) in [6.07, 6.45) is 0.986. The minimum atomic E-state index is -0.666. The normalized spacial score (nSPS) is 18.6. The number of anilines is 1. The van der Waals surface area contributed by atoms with Crippen LogP contribution in [0.3, 0.4) is 0 Å². The number of amides is 1. The van der Waals surface area contributed by atoms with Gasteiger partial charge in [0, 0.05) is 23.4 Å². The molecular formula is C11H13N3O3S. The van der Waals surface area contributed by atoms with Crippen LogP contribution in [0.4, 0.5) is 11.4 Å². The molecule has 7 heteroatoms. The van der Waals surface area contributed by atoms with Crippen molar-refractivity contribution in [3.8, 4) is 0 Å². The lowest BCUT2D eigenvalue weighted by Crippen LogP contribution is -2.19. The van der Waals surface area contributed by atoms with Gasteiger partial charge >= 0.3 is 0 Å². The number of benzene rings is 1. The van der Waals surface area contributed by atoms with Gasteiger partial charge in [0.2, 0.25) is 5.91 Å². The van der Waals surface area contributed by atoms with Gasteiger partial charge < -0.3 is 11.1 Å². The van der Waals surface area contributed by atoms with Crippen molar-refractivity contribution in [2.45, 2.75) is 12.5 Å². The molecule has 3 N–H and O–H groups in total. The van der Waals surface area contributed by atoms with Crippen molar-refractivity contribution in [3.63, 3.8) is 0 Å². The van der Waals surface area contributed by atoms with Gasteiger partial charge in [0.25, 0.3) is 5.69 Å². The van der Waals surface area contributed by atoms with Gasteiger partial charge in [0.05, 0.1) is 4.92 Å². The van der Waals surface area contributed by atoms with E-state index in [0.717, 1.165) is 17.9 Å². The number of nitro groups is 1. The molecule has 0 bridgehead atoms. The molecule has 0 aromatic heterocycles. The number of nitrogens with zero attached hydrogens (tertiary/aromatic N) is 1. The van der Waals surface area contributed by atoms with E-state index in [2.05, 4.69) is 5.32 Å². The van der Waals surface area contributed by atoms with Crippen LogP contribution in [0.1, 0.15) is 16.8 Å². The molecule has 0 radical (unpaired) electrons. The van der Waals surface area contributed by atoms with Crippen molar-refractivity contribution in [1.29, 1.82) is 0 Å². The third-order valence-corrected chi connectivity index (χ3v) is 3.93. The molecule has 1 aromatic rings. The molecule has 1 amide bonds. The molecule has 1 atom stereocenters. The Balaban J connectivity index is 2.28. The Bertz CT molecular complexity index is 486. The number of nitrogens with one attached hydrogen (secondary N) is 1. The summed E-state index contributed by atoms with van der Waals surface area (Å²) in [5.74, 6) is 1.33. The standard InChI is InChI=1S/C11H13N3O3S/c12-11(15)7-1-2-9(10(5-7)14(16)17)13-8-3-4-18-6-8/h1-2,5,8,13H,3-4,6H2,(H2,12,15). The van der Waals surface area contributed by atoms with Crippen molar-refractivity contribution < 1.29 is 9.72 Å². The Labute approximate surface area is 108 Å². The van der Waals surface area contributed by atoms with Gasteiger partial charge in [0.1, 0.15) is 5.69 Å². The second kappa shape index (κ2) is 5.26. The van der Waals surface area contributed by atoms with Crippen LogP contribution in [-0.2, 0) is 0 Å². The summed E-state index contributed by atoms with van der Waals surface area (Å²) < 4.78 is 0. The number of rotatable bonds is 4. The number of primary amides is 1. The fraction of sp³-hybridized carbons (Fsp3) is 0.364. The lowest BCUT2D eigenvalue weighted by molar-refractivity contribution is -0.384. The SMILES string of the molecule is NC(=O)c1ccc(NC2CCSC2)c([N+](=O)[O-])c1. The van der Waals surface area contributed by atoms with Crippen LogP contribution in [0, 0.1) is 10.1 Å². The number of carbonyl (C=O) groups excluding carboxylic acids is 1. The minimum absolute atomic E-state index is 0.108. The summed E-state index contributed by atoms with van der Waals surface area (Å²) >= 11 is 1.82. The first-order valence-corrected chi connectivity index (χ1v) is 6.66. The Morgan fingerprint density at radius 3 is 2.89 bits per heavy atom. The van der Waals surface area contributed by atoms with Gasteiger partial charge in [-0.1, -0.05) is 0 Å². The predicted molar refractivity (Wildman–Crippen MR) is 71.0 cm³/mol. The Morgan fingerprint density at radius 1 is 1.56 bits per heavy atom. The van der Waals surface area contributed by atoms with Gasteiger partial charge in [-0.25, -0.2) is 0 Å². The highest BCUT2D eigenvalue weighted by molar-refractivity contribution is 7.99. The zero-order chi connectivity index (χ0) is 13.1. The summed E-state index contributed by atoms with van der Waals surface area (Å²) in [6, 6.07) is 4.50. The number of hydrogen-bond donors (Lipinski definition) is 2. The van der Waals surface area contributed by atoms with Crippen LogP contribution in [0.5, 0.6) is 0 Å². The van der Waals surface area contributed by atoms with Gasteiger partial charge in [-0.3, -0.25) is 14.9 Å². The second-order valence-corrected chi connectivity index (χ2v) is 5.21. The molecule has 6 nitrogen and oxygen atoms in total. The first kappa shape index (κ1) is 12.7. The molecular weight excluding hydrogens is 254 g/mol. The van der Waals surface area contributed by atoms with Crippen LogP contribution in [0.25, 0.3) is 0 Å². The van der Waals surface area contributed by atoms with Gasteiger partial charge in [-0.2, -0.15) is 11.8 Å². The van der Waals surface area contributed by atoms with E-state index in [9.17, 15) is 14.9 Å². The molecule has 1 unspecified atom stereocenters. The van der Waals surface area contributed by atoms with Crippen molar-refractivity contribution in [2.75, 3.05) is 16.8 Å². The largest absolute Gasteiger partial charge is 0.376 e. The first-order chi connectivity index (χ1) is 8.58. The zero-order valence-electron chi connectivity index (χ0n) is 9.59. The topological polar surface area (TPSA) is 98.3 Å². The third-order valence-electron chi connectivity index (χ3n) is 2.77. The molecule has 0 aliphatic carbocycles. The molecule has 1 saturated heterocycles. The number of hydrogen-bond acceptors (Lipinski definition) is 5. The molecule has 1 aliphatic heterocycles. The summed E-state index contributed by atoms with van der Waals surface area (Å²) in [5.41, 5.74) is 5.59. The number of nitrogens with two attached hydrogens (primary N) is 1. The average molecular weight is 267 g/mol. The van der Waals surface area contributed by atoms with Crippen LogP contribution in [0.15, 0.2) is 18.2 Å². The zero-order valence-corrected chi connectivity index (χ0v) is 10.4. The summed E-state index contributed by atoms with van der Waals surface area (Å²) in [4.78, 5) is 21.5. The molecule has 18 heavy (non-hydrogen) atoms. The lowest BCUT2D eigenvalue weighted by Gasteiger charge is -2.13. The van der Waals surface area contributed by atoms with Crippen molar-refractivity contribution >= 4 is 29.0 Å². The third kappa shape index (κ3) is 2.73. The minimum Gasteiger partial charge on any atom is -0.376 e. The van der Waals surface area contributed by atoms with Gasteiger partial charge in [-0.05, 0) is 24.3 Å². The van der Waals surface area contributed by atoms with E-state index in [0.29, 0.717) is 5.69 Å². The number of nitro benzene ring substituents is 1. The molecule has 1 heterocycles. The van der Waals surface area contributed by atoms with Gasteiger partial charge in [0.15, 0.2) is 0 Å². The van der Waals surface area contributed by atoms with Crippen molar-refractivity contribution in [1.82, 2.24) is 0 Å². The first-order valence-electron chi connectivity index (χ1n) is 5.50. The summed E-state index contributed by atoms with van der Waals surface area (Å²) in [5, 5.41) is 14.1. The fourth-order valence-corrected chi connectivity index (χ4v) is 2.98. The van der Waals surface area contributed by atoms with E-state index in [1.165, 1.54) is 12.1 Å². The Morgan fingerprint density at radius 2 is 2.33 bits per heavy atom. The van der Waals surface area contributed by atoms with Crippen LogP contribution in [-0.4, -0.2) is 28.4 Å². The molecule has 0 spiro atoms. The Hall–Kier alpha value is -1.76. The second-order valence-electron chi connectivity index (χ2n) is 4.06. The van der Waals surface area contributed by atoms with Gasteiger partial charge in [-0.15, -0.1) is 0 Å². The van der Waals surface area contributed by atoms with Crippen molar-refractivity contribution in [2.24, 2.45) is 5.73 Å². The smallest absolute Gasteiger partial charge is 0.293 e. The molecule has 1 fully saturated rings. The number of thioether (sulfide) groups is 1. The van der Waals surface area contributed by atoms with E-state index in [4.69, 9.17) is 5.73 Å². The molecule has 96 valence electrons. The Kier molecular flexibility index (Phi) is 3.71. The highest BCUT2D eigenvalue weighted by atomic mass is 32.2. The quantitative estimate of drug-likeness (QED) is 0.638. The summed E-state index contributed by atoms with van der Waals surface area (Å²) in [7, 11) is 0. The molecule has 2 rings (SSSR count). The lowest BCUT2D eigenvalue weighted by atomic mass is 10.1. The van der Waals surface area contributed by atoms with Crippen LogP contribution < -0.4 is 11.1 Å².